The van der Waals surface area contributed by atoms with Gasteiger partial charge in [-0.1, -0.05) is 30.3 Å². The molecule has 0 N–H and O–H groups in total. The molecule has 162 valence electrons. The molecule has 1 aliphatic heterocycles. The van der Waals surface area contributed by atoms with Crippen LogP contribution in [-0.2, 0) is 0 Å². The van der Waals surface area contributed by atoms with Gasteiger partial charge in [0, 0.05) is 35.5 Å². The lowest BCUT2D eigenvalue weighted by Crippen LogP contribution is -2.01. The van der Waals surface area contributed by atoms with Crippen LogP contribution < -0.4 is 9.47 Å². The van der Waals surface area contributed by atoms with Crippen molar-refractivity contribution in [3.05, 3.63) is 72.7 Å². The summed E-state index contributed by atoms with van der Waals surface area (Å²) >= 11 is 0. The molecule has 0 saturated carbocycles. The maximum absolute atomic E-state index is 5.82. The Bertz CT molecular complexity index is 1470. The van der Waals surface area contributed by atoms with Gasteiger partial charge in [-0.05, 0) is 31.2 Å². The van der Waals surface area contributed by atoms with Gasteiger partial charge in [0.15, 0.2) is 23.1 Å². The second-order valence-electron chi connectivity index (χ2n) is 7.75. The fourth-order valence-electron chi connectivity index (χ4n) is 3.85. The first kappa shape index (κ1) is 19.4. The van der Waals surface area contributed by atoms with E-state index in [4.69, 9.17) is 19.6 Å². The van der Waals surface area contributed by atoms with Crippen molar-refractivity contribution in [3.8, 4) is 45.5 Å². The predicted molar refractivity (Wildman–Crippen MR) is 123 cm³/mol. The summed E-state index contributed by atoms with van der Waals surface area (Å²) < 4.78 is 13.3. The number of aromatic nitrogens is 6. The molecule has 0 aliphatic carbocycles. The van der Waals surface area contributed by atoms with Crippen LogP contribution in [0.15, 0.2) is 67.0 Å². The van der Waals surface area contributed by atoms with Crippen molar-refractivity contribution in [2.24, 2.45) is 0 Å². The lowest BCUT2D eigenvalue weighted by Gasteiger charge is -2.08. The Kier molecular flexibility index (Phi) is 4.68. The second kappa shape index (κ2) is 7.98. The molecule has 8 heteroatoms. The van der Waals surface area contributed by atoms with E-state index in [-0.39, 0.29) is 0 Å². The van der Waals surface area contributed by atoms with E-state index >= 15 is 0 Å². The van der Waals surface area contributed by atoms with Crippen molar-refractivity contribution in [1.82, 2.24) is 29.5 Å². The summed E-state index contributed by atoms with van der Waals surface area (Å²) in [6.07, 6.45) is 4.41. The molecule has 0 unspecified atom stereocenters. The molecule has 1 aliphatic rings. The number of hydrogen-bond acceptors (Lipinski definition) is 7. The molecule has 4 heterocycles. The zero-order valence-corrected chi connectivity index (χ0v) is 18.0. The van der Waals surface area contributed by atoms with Gasteiger partial charge in [-0.3, -0.25) is 0 Å². The van der Waals surface area contributed by atoms with Gasteiger partial charge in [0.1, 0.15) is 0 Å². The molecule has 0 amide bonds. The summed E-state index contributed by atoms with van der Waals surface area (Å²) in [5.74, 6) is 3.22. The topological polar surface area (TPSA) is 87.3 Å². The first-order valence-electron chi connectivity index (χ1n) is 10.8. The van der Waals surface area contributed by atoms with Crippen molar-refractivity contribution >= 4 is 5.78 Å². The van der Waals surface area contributed by atoms with E-state index in [0.29, 0.717) is 36.4 Å². The van der Waals surface area contributed by atoms with Gasteiger partial charge in [0.2, 0.25) is 0 Å². The van der Waals surface area contributed by atoms with E-state index in [1.54, 1.807) is 16.9 Å². The van der Waals surface area contributed by atoms with Crippen molar-refractivity contribution in [2.75, 3.05) is 13.2 Å². The van der Waals surface area contributed by atoms with Gasteiger partial charge in [-0.15, -0.1) is 5.10 Å². The van der Waals surface area contributed by atoms with Gasteiger partial charge in [0.05, 0.1) is 24.6 Å². The number of benzene rings is 2. The largest absolute Gasteiger partial charge is 0.490 e. The second-order valence-corrected chi connectivity index (χ2v) is 7.75. The molecule has 0 bridgehead atoms. The number of fused-ring (bicyclic) bond motifs is 2. The van der Waals surface area contributed by atoms with Crippen molar-refractivity contribution in [3.63, 3.8) is 0 Å². The van der Waals surface area contributed by atoms with E-state index in [1.165, 1.54) is 0 Å². The highest BCUT2D eigenvalue weighted by atomic mass is 16.5. The molecule has 3 aromatic heterocycles. The Hall–Kier alpha value is -4.33. The first-order valence-corrected chi connectivity index (χ1v) is 10.8. The molecule has 6 rings (SSSR count). The zero-order valence-electron chi connectivity index (χ0n) is 18.0. The van der Waals surface area contributed by atoms with Crippen LogP contribution in [0.5, 0.6) is 11.5 Å². The van der Waals surface area contributed by atoms with E-state index in [1.807, 2.05) is 61.5 Å². The molecular formula is C25H20N6O2. The molecule has 0 atom stereocenters. The highest BCUT2D eigenvalue weighted by Crippen LogP contribution is 2.33. The highest BCUT2D eigenvalue weighted by Gasteiger charge is 2.17. The fraction of sp³-hybridized carbons (Fsp3) is 0.160. The number of hydrogen-bond donors (Lipinski definition) is 0. The summed E-state index contributed by atoms with van der Waals surface area (Å²) in [7, 11) is 0. The molecule has 33 heavy (non-hydrogen) atoms. The lowest BCUT2D eigenvalue weighted by molar-refractivity contribution is 0.297. The Morgan fingerprint density at radius 3 is 2.55 bits per heavy atom. The van der Waals surface area contributed by atoms with Gasteiger partial charge in [-0.25, -0.2) is 19.5 Å². The minimum Gasteiger partial charge on any atom is -0.490 e. The number of aryl methyl sites for hydroxylation is 1. The summed E-state index contributed by atoms with van der Waals surface area (Å²) in [5, 5.41) is 4.72. The molecule has 0 fully saturated rings. The van der Waals surface area contributed by atoms with Crippen molar-refractivity contribution < 1.29 is 9.47 Å². The monoisotopic (exact) mass is 436 g/mol. The Morgan fingerprint density at radius 1 is 0.818 bits per heavy atom. The average molecular weight is 436 g/mol. The van der Waals surface area contributed by atoms with Crippen LogP contribution in [0.2, 0.25) is 0 Å². The van der Waals surface area contributed by atoms with Gasteiger partial charge in [-0.2, -0.15) is 4.98 Å². The van der Waals surface area contributed by atoms with Crippen LogP contribution >= 0.6 is 0 Å². The molecule has 0 radical (unpaired) electrons. The molecule has 2 aromatic carbocycles. The van der Waals surface area contributed by atoms with E-state index < -0.39 is 0 Å². The summed E-state index contributed by atoms with van der Waals surface area (Å²) in [5.41, 5.74) is 4.36. The van der Waals surface area contributed by atoms with Gasteiger partial charge >= 0.3 is 0 Å². The Labute approximate surface area is 189 Å². The van der Waals surface area contributed by atoms with Crippen molar-refractivity contribution in [1.29, 1.82) is 0 Å². The maximum Gasteiger partial charge on any atom is 0.252 e. The SMILES string of the molecule is Cc1c(-c2ccnc(-c3ccccc3)n2)cnc2nc(-c3ccc4c(c3)OCCCO4)nn12. The first-order chi connectivity index (χ1) is 16.3. The van der Waals surface area contributed by atoms with Crippen LogP contribution in [-0.4, -0.2) is 42.8 Å². The van der Waals surface area contributed by atoms with E-state index in [9.17, 15) is 0 Å². The zero-order chi connectivity index (χ0) is 22.2. The van der Waals surface area contributed by atoms with E-state index in [0.717, 1.165) is 40.2 Å². The summed E-state index contributed by atoms with van der Waals surface area (Å²) in [6.45, 7) is 3.27. The number of ether oxygens (including phenoxy) is 2. The molecule has 5 aromatic rings. The minimum absolute atomic E-state index is 0.524. The normalized spacial score (nSPS) is 13.1. The third kappa shape index (κ3) is 3.55. The Morgan fingerprint density at radius 2 is 1.67 bits per heavy atom. The summed E-state index contributed by atoms with van der Waals surface area (Å²) in [4.78, 5) is 18.4. The van der Waals surface area contributed by atoms with Gasteiger partial charge in [0.25, 0.3) is 5.78 Å². The molecule has 0 spiro atoms. The van der Waals surface area contributed by atoms with Crippen LogP contribution in [0.3, 0.4) is 0 Å². The smallest absolute Gasteiger partial charge is 0.252 e. The highest BCUT2D eigenvalue weighted by molar-refractivity contribution is 5.67. The molecule has 8 nitrogen and oxygen atoms in total. The predicted octanol–water partition coefficient (Wildman–Crippen LogP) is 4.39. The third-order valence-electron chi connectivity index (χ3n) is 5.58. The van der Waals surface area contributed by atoms with Crippen LogP contribution in [0.4, 0.5) is 0 Å². The van der Waals surface area contributed by atoms with Crippen LogP contribution in [0.1, 0.15) is 12.1 Å². The average Bonchev–Trinajstić information content (AvgIpc) is 3.17. The van der Waals surface area contributed by atoms with Crippen LogP contribution in [0, 0.1) is 6.92 Å². The molecular weight excluding hydrogens is 416 g/mol. The summed E-state index contributed by atoms with van der Waals surface area (Å²) in [6, 6.07) is 17.5. The standard InChI is InChI=1S/C25H20N6O2/c1-16-19(20-10-11-26-23(28-20)17-6-3-2-4-7-17)15-27-25-29-24(30-31(16)25)18-8-9-21-22(14-18)33-13-5-12-32-21/h2-4,6-11,14-15H,5,12-13H2,1H3. The van der Waals surface area contributed by atoms with E-state index in [2.05, 4.69) is 15.0 Å². The maximum atomic E-state index is 5.82. The Balaban J connectivity index is 1.40. The van der Waals surface area contributed by atoms with Crippen LogP contribution in [0.25, 0.3) is 39.8 Å². The molecule has 0 saturated heterocycles. The number of nitrogens with zero attached hydrogens (tertiary/aromatic N) is 6. The quantitative estimate of drug-likeness (QED) is 0.415. The van der Waals surface area contributed by atoms with Gasteiger partial charge < -0.3 is 9.47 Å². The number of rotatable bonds is 3. The van der Waals surface area contributed by atoms with Crippen molar-refractivity contribution in [2.45, 2.75) is 13.3 Å². The minimum atomic E-state index is 0.524. The fourth-order valence-corrected chi connectivity index (χ4v) is 3.85. The third-order valence-corrected chi connectivity index (χ3v) is 5.58. The lowest BCUT2D eigenvalue weighted by atomic mass is 10.1.